The van der Waals surface area contributed by atoms with E-state index in [-0.39, 0.29) is 0 Å². The molecule has 0 aliphatic carbocycles. The van der Waals surface area contributed by atoms with Crippen LogP contribution in [0.25, 0.3) is 0 Å². The van der Waals surface area contributed by atoms with Gasteiger partial charge in [-0.2, -0.15) is 0 Å². The molecular weight excluding hydrogens is 260 g/mol. The zero-order valence-corrected chi connectivity index (χ0v) is 12.9. The van der Waals surface area contributed by atoms with Gasteiger partial charge in [-0.3, -0.25) is 4.98 Å². The summed E-state index contributed by atoms with van der Waals surface area (Å²) in [5.41, 5.74) is 2.24. The Hall–Kier alpha value is -2.10. The van der Waals surface area contributed by atoms with Crippen molar-refractivity contribution in [3.05, 3.63) is 48.4 Å². The molecule has 4 nitrogen and oxygen atoms in total. The van der Waals surface area contributed by atoms with Crippen molar-refractivity contribution < 1.29 is 0 Å². The standard InChI is InChI=1S/C17H24N4/c1-3-5-11-21(16-9-7-6-8-10-16)14-15-12-20-17(13-19-15)18-4-2/h6-10,12-13H,3-5,11,14H2,1-2H3,(H,18,20). The molecule has 112 valence electrons. The van der Waals surface area contributed by atoms with Crippen LogP contribution in [-0.2, 0) is 6.54 Å². The lowest BCUT2D eigenvalue weighted by molar-refractivity contribution is 0.706. The predicted octanol–water partition coefficient (Wildman–Crippen LogP) is 3.72. The molecule has 1 N–H and O–H groups in total. The Balaban J connectivity index is 2.07. The van der Waals surface area contributed by atoms with Gasteiger partial charge in [0.05, 0.1) is 24.6 Å². The van der Waals surface area contributed by atoms with Crippen LogP contribution in [0.1, 0.15) is 32.4 Å². The molecule has 0 saturated heterocycles. The molecule has 0 atom stereocenters. The molecule has 4 heteroatoms. The summed E-state index contributed by atoms with van der Waals surface area (Å²) in [5.74, 6) is 0.834. The summed E-state index contributed by atoms with van der Waals surface area (Å²) in [7, 11) is 0. The minimum atomic E-state index is 0.795. The lowest BCUT2D eigenvalue weighted by atomic mass is 10.2. The van der Waals surface area contributed by atoms with Gasteiger partial charge < -0.3 is 10.2 Å². The van der Waals surface area contributed by atoms with Gasteiger partial charge in [-0.25, -0.2) is 4.98 Å². The van der Waals surface area contributed by atoms with E-state index in [1.54, 1.807) is 0 Å². The van der Waals surface area contributed by atoms with E-state index >= 15 is 0 Å². The first-order valence-electron chi connectivity index (χ1n) is 7.68. The minimum Gasteiger partial charge on any atom is -0.369 e. The van der Waals surface area contributed by atoms with Crippen molar-refractivity contribution in [3.8, 4) is 0 Å². The van der Waals surface area contributed by atoms with Gasteiger partial charge >= 0.3 is 0 Å². The van der Waals surface area contributed by atoms with Gasteiger partial charge in [-0.05, 0) is 25.5 Å². The fraction of sp³-hybridized carbons (Fsp3) is 0.412. The van der Waals surface area contributed by atoms with E-state index in [0.717, 1.165) is 31.1 Å². The number of unbranched alkanes of at least 4 members (excludes halogenated alkanes) is 1. The highest BCUT2D eigenvalue weighted by Gasteiger charge is 2.08. The van der Waals surface area contributed by atoms with E-state index in [2.05, 4.69) is 58.3 Å². The van der Waals surface area contributed by atoms with Crippen LogP contribution < -0.4 is 10.2 Å². The van der Waals surface area contributed by atoms with Gasteiger partial charge in [0, 0.05) is 18.8 Å². The third-order valence-corrected chi connectivity index (χ3v) is 3.32. The van der Waals surface area contributed by atoms with Crippen LogP contribution in [0.15, 0.2) is 42.7 Å². The topological polar surface area (TPSA) is 41.1 Å². The van der Waals surface area contributed by atoms with Crippen molar-refractivity contribution in [3.63, 3.8) is 0 Å². The van der Waals surface area contributed by atoms with Crippen LogP contribution in [0.4, 0.5) is 11.5 Å². The molecule has 0 unspecified atom stereocenters. The van der Waals surface area contributed by atoms with Gasteiger partial charge in [0.1, 0.15) is 5.82 Å². The lowest BCUT2D eigenvalue weighted by Crippen LogP contribution is -2.24. The fourth-order valence-electron chi connectivity index (χ4n) is 2.19. The highest BCUT2D eigenvalue weighted by atomic mass is 15.1. The molecule has 1 aromatic heterocycles. The van der Waals surface area contributed by atoms with E-state index in [9.17, 15) is 0 Å². The third-order valence-electron chi connectivity index (χ3n) is 3.32. The number of hydrogen-bond acceptors (Lipinski definition) is 4. The Morgan fingerprint density at radius 2 is 1.86 bits per heavy atom. The maximum absolute atomic E-state index is 4.50. The summed E-state index contributed by atoms with van der Waals surface area (Å²) in [6, 6.07) is 10.5. The zero-order chi connectivity index (χ0) is 14.9. The van der Waals surface area contributed by atoms with Crippen LogP contribution in [0.5, 0.6) is 0 Å². The van der Waals surface area contributed by atoms with Gasteiger partial charge in [0.2, 0.25) is 0 Å². The average Bonchev–Trinajstić information content (AvgIpc) is 2.54. The second-order valence-electron chi connectivity index (χ2n) is 5.03. The molecule has 0 amide bonds. The summed E-state index contributed by atoms with van der Waals surface area (Å²) in [5, 5.41) is 3.17. The Kier molecular flexibility index (Phi) is 6.00. The van der Waals surface area contributed by atoms with Crippen LogP contribution >= 0.6 is 0 Å². The highest BCUT2D eigenvalue weighted by Crippen LogP contribution is 2.17. The van der Waals surface area contributed by atoms with E-state index in [1.165, 1.54) is 18.5 Å². The maximum Gasteiger partial charge on any atom is 0.144 e. The molecule has 2 aromatic rings. The van der Waals surface area contributed by atoms with Crippen molar-refractivity contribution >= 4 is 11.5 Å². The van der Waals surface area contributed by atoms with Gasteiger partial charge in [-0.1, -0.05) is 31.5 Å². The summed E-state index contributed by atoms with van der Waals surface area (Å²) < 4.78 is 0. The van der Waals surface area contributed by atoms with Gasteiger partial charge in [0.25, 0.3) is 0 Å². The first kappa shape index (κ1) is 15.3. The Morgan fingerprint density at radius 3 is 2.48 bits per heavy atom. The minimum absolute atomic E-state index is 0.795. The number of para-hydroxylation sites is 1. The van der Waals surface area contributed by atoms with Crippen molar-refractivity contribution in [2.75, 3.05) is 23.3 Å². The second-order valence-corrected chi connectivity index (χ2v) is 5.03. The Morgan fingerprint density at radius 1 is 1.05 bits per heavy atom. The smallest absolute Gasteiger partial charge is 0.144 e. The first-order valence-corrected chi connectivity index (χ1v) is 7.68. The summed E-state index contributed by atoms with van der Waals surface area (Å²) in [6.45, 7) is 6.97. The van der Waals surface area contributed by atoms with Gasteiger partial charge in [-0.15, -0.1) is 0 Å². The normalized spacial score (nSPS) is 10.4. The lowest BCUT2D eigenvalue weighted by Gasteiger charge is -2.24. The molecule has 0 fully saturated rings. The van der Waals surface area contributed by atoms with E-state index in [4.69, 9.17) is 0 Å². The molecule has 2 rings (SSSR count). The van der Waals surface area contributed by atoms with E-state index in [1.807, 2.05) is 18.5 Å². The number of rotatable bonds is 8. The average molecular weight is 284 g/mol. The summed E-state index contributed by atoms with van der Waals surface area (Å²) in [4.78, 5) is 11.3. The number of aromatic nitrogens is 2. The van der Waals surface area contributed by atoms with Crippen molar-refractivity contribution in [2.24, 2.45) is 0 Å². The molecule has 0 saturated carbocycles. The van der Waals surface area contributed by atoms with Crippen molar-refractivity contribution in [2.45, 2.75) is 33.2 Å². The summed E-state index contributed by atoms with van der Waals surface area (Å²) in [6.07, 6.45) is 6.04. The Labute approximate surface area is 127 Å². The van der Waals surface area contributed by atoms with Crippen molar-refractivity contribution in [1.29, 1.82) is 0 Å². The number of benzene rings is 1. The van der Waals surface area contributed by atoms with Crippen LogP contribution in [0.2, 0.25) is 0 Å². The quantitative estimate of drug-likeness (QED) is 0.802. The predicted molar refractivity (Wildman–Crippen MR) is 88.6 cm³/mol. The molecule has 21 heavy (non-hydrogen) atoms. The summed E-state index contributed by atoms with van der Waals surface area (Å²) >= 11 is 0. The van der Waals surface area contributed by atoms with Crippen molar-refractivity contribution in [1.82, 2.24) is 9.97 Å². The fourth-order valence-corrected chi connectivity index (χ4v) is 2.19. The molecule has 0 radical (unpaired) electrons. The molecular formula is C17H24N4. The number of nitrogens with one attached hydrogen (secondary N) is 1. The molecule has 1 heterocycles. The molecule has 0 aliphatic heterocycles. The molecule has 0 aliphatic rings. The molecule has 0 bridgehead atoms. The van der Waals surface area contributed by atoms with Crippen LogP contribution in [0.3, 0.4) is 0 Å². The zero-order valence-electron chi connectivity index (χ0n) is 12.9. The monoisotopic (exact) mass is 284 g/mol. The maximum atomic E-state index is 4.50. The van der Waals surface area contributed by atoms with Gasteiger partial charge in [0.15, 0.2) is 0 Å². The third kappa shape index (κ3) is 4.74. The molecule has 1 aromatic carbocycles. The first-order chi connectivity index (χ1) is 10.3. The van der Waals surface area contributed by atoms with E-state index in [0.29, 0.717) is 0 Å². The highest BCUT2D eigenvalue weighted by molar-refractivity contribution is 5.46. The Bertz CT molecular complexity index is 510. The number of nitrogens with zero attached hydrogens (tertiary/aromatic N) is 3. The molecule has 0 spiro atoms. The number of anilines is 2. The SMILES string of the molecule is CCCCN(Cc1cnc(NCC)cn1)c1ccccc1. The second kappa shape index (κ2) is 8.25. The van der Waals surface area contributed by atoms with Crippen LogP contribution in [-0.4, -0.2) is 23.1 Å². The number of hydrogen-bond donors (Lipinski definition) is 1. The van der Waals surface area contributed by atoms with E-state index < -0.39 is 0 Å². The largest absolute Gasteiger partial charge is 0.369 e. The van der Waals surface area contributed by atoms with Crippen LogP contribution in [0, 0.1) is 0 Å².